The van der Waals surface area contributed by atoms with E-state index in [0.29, 0.717) is 19.1 Å². The number of carbonyl (C=O) groups is 1. The van der Waals surface area contributed by atoms with E-state index >= 15 is 0 Å². The molecule has 0 bridgehead atoms. The van der Waals surface area contributed by atoms with Gasteiger partial charge < -0.3 is 23.8 Å². The van der Waals surface area contributed by atoms with Crippen molar-refractivity contribution in [1.29, 1.82) is 0 Å². The highest BCUT2D eigenvalue weighted by Crippen LogP contribution is 2.45. The number of aromatic nitrogens is 2. The standard InChI is InChI=1S/C34H42BN3O5/c1-19-13-27(38(17-19)31(39)41-32(2,3)4)30-36-26-12-9-20-15-25-23-11-10-22(35-42-33(5,6)34(7,8)43-35)14-21(23)18-40-28(25)16-24(20)29(26)37-30/h10-11,14-16,19,27H,9,12-13,17-18H2,1-8H3,(H,36,37)/t19-,27-/m0/s1. The number of hydrogen-bond donors (Lipinski definition) is 1. The summed E-state index contributed by atoms with van der Waals surface area (Å²) in [4.78, 5) is 23.6. The van der Waals surface area contributed by atoms with Crippen molar-refractivity contribution in [3.63, 3.8) is 0 Å². The Kier molecular flexibility index (Phi) is 6.36. The number of imidazole rings is 1. The van der Waals surface area contributed by atoms with Gasteiger partial charge in [-0.3, -0.25) is 4.90 Å². The van der Waals surface area contributed by atoms with Gasteiger partial charge in [0, 0.05) is 17.7 Å². The van der Waals surface area contributed by atoms with E-state index in [9.17, 15) is 4.79 Å². The molecule has 2 fully saturated rings. The summed E-state index contributed by atoms with van der Waals surface area (Å²) >= 11 is 0. The highest BCUT2D eigenvalue weighted by atomic mass is 16.7. The predicted octanol–water partition coefficient (Wildman–Crippen LogP) is 6.35. The lowest BCUT2D eigenvalue weighted by atomic mass is 9.76. The fraction of sp³-hybridized carbons (Fsp3) is 0.529. The predicted molar refractivity (Wildman–Crippen MR) is 166 cm³/mol. The molecule has 1 aromatic heterocycles. The Morgan fingerprint density at radius 2 is 1.77 bits per heavy atom. The first kappa shape index (κ1) is 28.5. The average Bonchev–Trinajstić information content (AvgIpc) is 3.59. The number of nitrogens with zero attached hydrogens (tertiary/aromatic N) is 2. The van der Waals surface area contributed by atoms with Crippen molar-refractivity contribution in [1.82, 2.24) is 14.9 Å². The first-order valence-corrected chi connectivity index (χ1v) is 15.6. The van der Waals surface area contributed by atoms with Crippen LogP contribution in [0.4, 0.5) is 4.79 Å². The lowest BCUT2D eigenvalue weighted by Crippen LogP contribution is -2.41. The molecule has 2 aromatic carbocycles. The smallest absolute Gasteiger partial charge is 0.488 e. The van der Waals surface area contributed by atoms with Crippen LogP contribution in [0.1, 0.15) is 90.5 Å². The number of carbonyl (C=O) groups excluding carboxylic acids is 1. The van der Waals surface area contributed by atoms with Gasteiger partial charge in [0.25, 0.3) is 0 Å². The van der Waals surface area contributed by atoms with Crippen LogP contribution in [-0.2, 0) is 33.5 Å². The van der Waals surface area contributed by atoms with Crippen molar-refractivity contribution in [2.24, 2.45) is 5.92 Å². The third kappa shape index (κ3) is 4.85. The molecular weight excluding hydrogens is 541 g/mol. The Morgan fingerprint density at radius 1 is 1.02 bits per heavy atom. The fourth-order valence-corrected chi connectivity index (χ4v) is 6.74. The molecule has 3 aromatic rings. The van der Waals surface area contributed by atoms with Crippen molar-refractivity contribution >= 4 is 18.7 Å². The maximum atomic E-state index is 13.1. The van der Waals surface area contributed by atoms with Gasteiger partial charge in [-0.2, -0.15) is 0 Å². The highest BCUT2D eigenvalue weighted by Gasteiger charge is 2.52. The van der Waals surface area contributed by atoms with Gasteiger partial charge >= 0.3 is 13.2 Å². The molecule has 0 spiro atoms. The van der Waals surface area contributed by atoms with Gasteiger partial charge in [0.05, 0.1) is 28.6 Å². The maximum absolute atomic E-state index is 13.1. The molecule has 4 aliphatic rings. The molecule has 2 saturated heterocycles. The topological polar surface area (TPSA) is 85.9 Å². The maximum Gasteiger partial charge on any atom is 0.494 e. The summed E-state index contributed by atoms with van der Waals surface area (Å²) in [6, 6.07) is 10.8. The lowest BCUT2D eigenvalue weighted by Gasteiger charge is -2.32. The van der Waals surface area contributed by atoms with Crippen LogP contribution in [0, 0.1) is 5.92 Å². The molecule has 3 aliphatic heterocycles. The molecule has 1 N–H and O–H groups in total. The van der Waals surface area contributed by atoms with E-state index in [1.807, 2.05) is 25.7 Å². The van der Waals surface area contributed by atoms with Gasteiger partial charge in [0.2, 0.25) is 0 Å². The molecule has 7 rings (SSSR count). The van der Waals surface area contributed by atoms with Crippen LogP contribution in [0.2, 0.25) is 0 Å². The number of aromatic amines is 1. The summed E-state index contributed by atoms with van der Waals surface area (Å²) < 4.78 is 24.7. The summed E-state index contributed by atoms with van der Waals surface area (Å²) in [7, 11) is -0.401. The van der Waals surface area contributed by atoms with Crippen molar-refractivity contribution < 1.29 is 23.6 Å². The summed E-state index contributed by atoms with van der Waals surface area (Å²) in [5.41, 5.74) is 7.63. The number of amides is 1. The van der Waals surface area contributed by atoms with E-state index in [0.717, 1.165) is 64.4 Å². The Balaban J connectivity index is 1.18. The molecule has 226 valence electrons. The molecular formula is C34H42BN3O5. The van der Waals surface area contributed by atoms with Gasteiger partial charge in [-0.05, 0) is 108 Å². The number of rotatable bonds is 2. The molecule has 0 radical (unpaired) electrons. The van der Waals surface area contributed by atoms with Crippen molar-refractivity contribution in [2.75, 3.05) is 6.54 Å². The third-order valence-electron chi connectivity index (χ3n) is 9.68. The van der Waals surface area contributed by atoms with Crippen molar-refractivity contribution in [3.05, 3.63) is 53.0 Å². The highest BCUT2D eigenvalue weighted by molar-refractivity contribution is 6.62. The molecule has 0 unspecified atom stereocenters. The van der Waals surface area contributed by atoms with Gasteiger partial charge in [-0.25, -0.2) is 9.78 Å². The number of hydrogen-bond acceptors (Lipinski definition) is 6. The number of H-pyrrole nitrogens is 1. The summed E-state index contributed by atoms with van der Waals surface area (Å²) in [5, 5.41) is 0. The van der Waals surface area contributed by atoms with Gasteiger partial charge in [0.1, 0.15) is 23.8 Å². The van der Waals surface area contributed by atoms with Gasteiger partial charge in [-0.1, -0.05) is 25.1 Å². The molecule has 8 nitrogen and oxygen atoms in total. The lowest BCUT2D eigenvalue weighted by molar-refractivity contribution is 0.00578. The van der Waals surface area contributed by atoms with Gasteiger partial charge in [0.15, 0.2) is 0 Å². The summed E-state index contributed by atoms with van der Waals surface area (Å²) in [6.45, 7) is 17.3. The molecule has 2 atom stereocenters. The zero-order chi connectivity index (χ0) is 30.5. The number of likely N-dealkylation sites (tertiary alicyclic amines) is 1. The number of fused-ring (bicyclic) bond motifs is 6. The largest absolute Gasteiger partial charge is 0.494 e. The van der Waals surface area contributed by atoms with E-state index in [2.05, 4.69) is 69.9 Å². The van der Waals surface area contributed by atoms with Crippen molar-refractivity contribution in [2.45, 2.75) is 104 Å². The van der Waals surface area contributed by atoms with Gasteiger partial charge in [-0.15, -0.1) is 0 Å². The minimum Gasteiger partial charge on any atom is -0.488 e. The number of benzene rings is 2. The zero-order valence-corrected chi connectivity index (χ0v) is 26.6. The van der Waals surface area contributed by atoms with E-state index in [1.165, 1.54) is 11.1 Å². The van der Waals surface area contributed by atoms with Crippen LogP contribution in [0.25, 0.3) is 22.4 Å². The van der Waals surface area contributed by atoms with Crippen molar-refractivity contribution in [3.8, 4) is 28.1 Å². The van der Waals surface area contributed by atoms with Crippen LogP contribution in [0.5, 0.6) is 5.75 Å². The van der Waals surface area contributed by atoms with E-state index in [4.69, 9.17) is 23.8 Å². The second-order valence-electron chi connectivity index (χ2n) is 14.7. The fourth-order valence-electron chi connectivity index (χ4n) is 6.74. The minimum atomic E-state index is -0.542. The second-order valence-corrected chi connectivity index (χ2v) is 14.7. The van der Waals surface area contributed by atoms with Crippen LogP contribution in [0.15, 0.2) is 30.3 Å². The molecule has 4 heterocycles. The molecule has 9 heteroatoms. The summed E-state index contributed by atoms with van der Waals surface area (Å²) in [5.74, 6) is 2.09. The van der Waals surface area contributed by atoms with Crippen LogP contribution >= 0.6 is 0 Å². The normalized spacial score (nSPS) is 23.3. The SMILES string of the molecule is C[C@H]1C[C@@H](c2nc3c([nH]2)-c2cc4c(cc2CC3)-c2ccc(B3OC(C)(C)C(C)(C)O3)cc2CO4)N(C(=O)OC(C)(C)C)C1. The number of aryl methyl sites for hydroxylation is 2. The Hall–Kier alpha value is -3.30. The van der Waals surface area contributed by atoms with E-state index in [1.54, 1.807) is 0 Å². The zero-order valence-electron chi connectivity index (χ0n) is 26.6. The minimum absolute atomic E-state index is 0.127. The molecule has 43 heavy (non-hydrogen) atoms. The first-order chi connectivity index (χ1) is 20.2. The monoisotopic (exact) mass is 583 g/mol. The van der Waals surface area contributed by atoms with Crippen LogP contribution < -0.4 is 10.2 Å². The van der Waals surface area contributed by atoms with E-state index in [-0.39, 0.29) is 23.3 Å². The Labute approximate surface area is 254 Å². The average molecular weight is 584 g/mol. The molecule has 1 amide bonds. The quantitative estimate of drug-likeness (QED) is 0.354. The number of ether oxygens (including phenoxy) is 2. The molecule has 1 aliphatic carbocycles. The Morgan fingerprint density at radius 3 is 2.49 bits per heavy atom. The van der Waals surface area contributed by atoms with Crippen LogP contribution in [0.3, 0.4) is 0 Å². The van der Waals surface area contributed by atoms with E-state index < -0.39 is 12.7 Å². The second kappa shape index (κ2) is 9.60. The van der Waals surface area contributed by atoms with Crippen LogP contribution in [-0.4, -0.2) is 51.4 Å². The Bertz CT molecular complexity index is 1600. The number of nitrogens with one attached hydrogen (secondary N) is 1. The third-order valence-corrected chi connectivity index (χ3v) is 9.68. The first-order valence-electron chi connectivity index (χ1n) is 15.6. The summed E-state index contributed by atoms with van der Waals surface area (Å²) in [6.07, 6.45) is 2.33. The molecule has 0 saturated carbocycles.